The van der Waals surface area contributed by atoms with E-state index in [0.29, 0.717) is 49.9 Å². The van der Waals surface area contributed by atoms with Crippen molar-refractivity contribution in [3.63, 3.8) is 0 Å². The van der Waals surface area contributed by atoms with Gasteiger partial charge in [0.15, 0.2) is 11.6 Å². The maximum atomic E-state index is 14.7. The van der Waals surface area contributed by atoms with Crippen molar-refractivity contribution in [2.75, 3.05) is 46.4 Å². The van der Waals surface area contributed by atoms with Crippen molar-refractivity contribution in [2.45, 2.75) is 46.7 Å². The lowest BCUT2D eigenvalue weighted by atomic mass is 9.85. The van der Waals surface area contributed by atoms with Crippen molar-refractivity contribution in [2.24, 2.45) is 5.41 Å². The molecule has 3 amide bonds. The van der Waals surface area contributed by atoms with Gasteiger partial charge in [0.25, 0.3) is 0 Å². The number of nitrogens with one attached hydrogen (secondary N) is 1. The first-order valence-corrected chi connectivity index (χ1v) is 13.3. The lowest BCUT2D eigenvalue weighted by molar-refractivity contribution is -0.137. The van der Waals surface area contributed by atoms with Crippen LogP contribution in [0.2, 0.25) is 0 Å². The number of benzene rings is 1. The van der Waals surface area contributed by atoms with Crippen molar-refractivity contribution in [1.29, 1.82) is 0 Å². The Morgan fingerprint density at radius 2 is 1.62 bits per heavy atom. The molecule has 0 saturated carbocycles. The van der Waals surface area contributed by atoms with E-state index in [1.807, 2.05) is 32.7 Å². The summed E-state index contributed by atoms with van der Waals surface area (Å²) in [5, 5.41) is 7.16. The van der Waals surface area contributed by atoms with Crippen LogP contribution in [0.4, 0.5) is 22.8 Å². The zero-order valence-corrected chi connectivity index (χ0v) is 23.4. The molecule has 13 heteroatoms. The van der Waals surface area contributed by atoms with Crippen LogP contribution in [-0.2, 0) is 22.5 Å². The SMILES string of the molecule is CCOC(=O)N1CCN(C(=O)[C@@H](NC(=O)n2nc(-c3cc(F)c(F)cc3F)c3c2CCN(C)C3)C(C)(C)C)CC1. The number of carbonyl (C=O) groups excluding carboxylic acids is 3. The Kier molecular flexibility index (Phi) is 8.43. The number of rotatable bonds is 4. The molecule has 4 rings (SSSR count). The number of ether oxygens (including phenoxy) is 1. The fraction of sp³-hybridized carbons (Fsp3) is 0.556. The summed E-state index contributed by atoms with van der Waals surface area (Å²) in [6, 6.07) is -0.433. The molecule has 1 fully saturated rings. The van der Waals surface area contributed by atoms with Crippen molar-refractivity contribution in [1.82, 2.24) is 29.8 Å². The summed E-state index contributed by atoms with van der Waals surface area (Å²) in [4.78, 5) is 44.3. The second kappa shape index (κ2) is 11.5. The Morgan fingerprint density at radius 3 is 2.25 bits per heavy atom. The molecule has 1 N–H and O–H groups in total. The minimum atomic E-state index is -1.32. The van der Waals surface area contributed by atoms with E-state index in [9.17, 15) is 27.6 Å². The van der Waals surface area contributed by atoms with Crippen molar-refractivity contribution in [3.05, 3.63) is 40.8 Å². The molecule has 0 bridgehead atoms. The van der Waals surface area contributed by atoms with Crippen LogP contribution in [0.25, 0.3) is 11.3 Å². The fourth-order valence-corrected chi connectivity index (χ4v) is 4.98. The number of hydrogen-bond donors (Lipinski definition) is 1. The van der Waals surface area contributed by atoms with Gasteiger partial charge in [-0.15, -0.1) is 0 Å². The molecule has 0 aliphatic carbocycles. The minimum absolute atomic E-state index is 0.0434. The Bertz CT molecular complexity index is 1300. The zero-order valence-electron chi connectivity index (χ0n) is 23.4. The number of fused-ring (bicyclic) bond motifs is 1. The Labute approximate surface area is 231 Å². The molecule has 3 heterocycles. The molecule has 0 spiro atoms. The van der Waals surface area contributed by atoms with Crippen molar-refractivity contribution < 1.29 is 32.3 Å². The predicted octanol–water partition coefficient (Wildman–Crippen LogP) is 3.23. The van der Waals surface area contributed by atoms with Crippen LogP contribution >= 0.6 is 0 Å². The van der Waals surface area contributed by atoms with Crippen LogP contribution in [0.15, 0.2) is 12.1 Å². The van der Waals surface area contributed by atoms with Crippen molar-refractivity contribution >= 4 is 18.0 Å². The third-order valence-corrected chi connectivity index (χ3v) is 7.20. The Balaban J connectivity index is 1.61. The van der Waals surface area contributed by atoms with E-state index in [4.69, 9.17) is 4.74 Å². The fourth-order valence-electron chi connectivity index (χ4n) is 4.98. The summed E-state index contributed by atoms with van der Waals surface area (Å²) in [6.45, 7) is 9.53. The summed E-state index contributed by atoms with van der Waals surface area (Å²) in [5.41, 5.74) is 0.148. The van der Waals surface area contributed by atoms with E-state index < -0.39 is 41.0 Å². The zero-order chi connectivity index (χ0) is 29.4. The average Bonchev–Trinajstić information content (AvgIpc) is 3.27. The lowest BCUT2D eigenvalue weighted by Gasteiger charge is -2.39. The molecule has 1 atom stereocenters. The molecular weight excluding hydrogens is 529 g/mol. The molecule has 1 aromatic carbocycles. The summed E-state index contributed by atoms with van der Waals surface area (Å²) >= 11 is 0. The van der Waals surface area contributed by atoms with Crippen LogP contribution in [0, 0.1) is 22.9 Å². The van der Waals surface area contributed by atoms with Gasteiger partial charge in [0, 0.05) is 62.9 Å². The van der Waals surface area contributed by atoms with E-state index in [-0.39, 0.29) is 36.9 Å². The van der Waals surface area contributed by atoms with E-state index in [0.717, 1.165) is 10.7 Å². The van der Waals surface area contributed by atoms with Gasteiger partial charge < -0.3 is 24.8 Å². The highest BCUT2D eigenvalue weighted by molar-refractivity contribution is 5.89. The van der Waals surface area contributed by atoms with E-state index in [2.05, 4.69) is 10.4 Å². The highest BCUT2D eigenvalue weighted by atomic mass is 19.2. The molecule has 218 valence electrons. The molecule has 1 aromatic heterocycles. The van der Waals surface area contributed by atoms with Crippen LogP contribution in [0.1, 0.15) is 39.0 Å². The smallest absolute Gasteiger partial charge is 0.409 e. The number of carbonyl (C=O) groups is 3. The van der Waals surface area contributed by atoms with Gasteiger partial charge in [-0.3, -0.25) is 4.79 Å². The first-order chi connectivity index (χ1) is 18.8. The first kappa shape index (κ1) is 29.4. The largest absolute Gasteiger partial charge is 0.450 e. The van der Waals surface area contributed by atoms with Crippen LogP contribution in [0.5, 0.6) is 0 Å². The quantitative estimate of drug-likeness (QED) is 0.573. The third kappa shape index (κ3) is 5.93. The number of halogens is 3. The standard InChI is InChI=1S/C27H35F3N6O4/c1-6-40-26(39)35-11-9-34(10-12-35)24(37)23(27(2,3)4)31-25(38)36-21-7-8-33(5)15-17(21)22(32-36)16-13-19(29)20(30)14-18(16)28/h13-14,23H,6-12,15H2,1-5H3,(H,31,38)/t23-/m1/s1. The molecule has 10 nitrogen and oxygen atoms in total. The second-order valence-electron chi connectivity index (χ2n) is 11.2. The number of hydrogen-bond acceptors (Lipinski definition) is 6. The summed E-state index contributed by atoms with van der Waals surface area (Å²) in [7, 11) is 1.85. The molecule has 2 aromatic rings. The van der Waals surface area contributed by atoms with E-state index >= 15 is 0 Å². The van der Waals surface area contributed by atoms with E-state index in [1.54, 1.807) is 11.8 Å². The Hall–Kier alpha value is -3.61. The summed E-state index contributed by atoms with van der Waals surface area (Å²) in [6.07, 6.45) is -0.0285. The molecule has 40 heavy (non-hydrogen) atoms. The number of piperazine rings is 1. The monoisotopic (exact) mass is 564 g/mol. The molecule has 2 aliphatic rings. The Morgan fingerprint density at radius 1 is 1.00 bits per heavy atom. The van der Waals surface area contributed by atoms with Crippen molar-refractivity contribution in [3.8, 4) is 11.3 Å². The minimum Gasteiger partial charge on any atom is -0.450 e. The molecular formula is C27H35F3N6O4. The maximum absolute atomic E-state index is 14.7. The molecule has 2 aliphatic heterocycles. The highest BCUT2D eigenvalue weighted by Crippen LogP contribution is 2.32. The van der Waals surface area contributed by atoms with Gasteiger partial charge >= 0.3 is 12.1 Å². The second-order valence-corrected chi connectivity index (χ2v) is 11.2. The van der Waals surface area contributed by atoms with Gasteiger partial charge in [0.05, 0.1) is 12.3 Å². The summed E-state index contributed by atoms with van der Waals surface area (Å²) < 4.78 is 48.6. The molecule has 0 unspecified atom stereocenters. The van der Waals surface area contributed by atoms with Gasteiger partial charge in [0.1, 0.15) is 17.6 Å². The average molecular weight is 565 g/mol. The molecule has 1 saturated heterocycles. The first-order valence-electron chi connectivity index (χ1n) is 13.3. The van der Waals surface area contributed by atoms with Gasteiger partial charge in [-0.1, -0.05) is 20.8 Å². The number of nitrogens with zero attached hydrogens (tertiary/aromatic N) is 5. The van der Waals surface area contributed by atoms with Gasteiger partial charge in [-0.2, -0.15) is 9.78 Å². The van der Waals surface area contributed by atoms with Crippen LogP contribution < -0.4 is 5.32 Å². The topological polar surface area (TPSA) is 100 Å². The third-order valence-electron chi connectivity index (χ3n) is 7.20. The van der Waals surface area contributed by atoms with Crippen LogP contribution in [0.3, 0.4) is 0 Å². The predicted molar refractivity (Wildman–Crippen MR) is 140 cm³/mol. The number of aromatic nitrogens is 2. The normalized spacial score (nSPS) is 16.9. The number of amides is 3. The maximum Gasteiger partial charge on any atom is 0.409 e. The van der Waals surface area contributed by atoms with E-state index in [1.165, 1.54) is 4.90 Å². The lowest BCUT2D eigenvalue weighted by Crippen LogP contribution is -2.59. The summed E-state index contributed by atoms with van der Waals surface area (Å²) in [5.74, 6) is -3.85. The molecule has 0 radical (unpaired) electrons. The van der Waals surface area contributed by atoms with Gasteiger partial charge in [0.2, 0.25) is 5.91 Å². The van der Waals surface area contributed by atoms with Gasteiger partial charge in [-0.25, -0.2) is 22.8 Å². The number of likely N-dealkylation sites (N-methyl/N-ethyl adjacent to an activating group) is 1. The highest BCUT2D eigenvalue weighted by Gasteiger charge is 2.38. The van der Waals surface area contributed by atoms with Gasteiger partial charge in [-0.05, 0) is 25.5 Å². The van der Waals surface area contributed by atoms with Crippen LogP contribution in [-0.4, -0.2) is 94.9 Å².